The van der Waals surface area contributed by atoms with E-state index in [0.29, 0.717) is 6.04 Å². The van der Waals surface area contributed by atoms with E-state index in [-0.39, 0.29) is 5.97 Å². The molecule has 2 saturated carbocycles. The molecule has 4 heteroatoms. The largest absolute Gasteiger partial charge is 0.468 e. The fourth-order valence-electron chi connectivity index (χ4n) is 2.80. The van der Waals surface area contributed by atoms with Crippen LogP contribution in [0, 0.1) is 5.92 Å². The van der Waals surface area contributed by atoms with Crippen molar-refractivity contribution in [2.45, 2.75) is 69.9 Å². The SMILES string of the molecule is COC(=O)C(C)(CCCOCCC1CCC1)NC1CC1. The number of carbonyl (C=O) groups is 1. The molecule has 0 aromatic heterocycles. The van der Waals surface area contributed by atoms with Crippen molar-refractivity contribution < 1.29 is 14.3 Å². The quantitative estimate of drug-likeness (QED) is 0.494. The van der Waals surface area contributed by atoms with E-state index in [1.807, 2.05) is 6.92 Å². The van der Waals surface area contributed by atoms with Crippen LogP contribution in [0.5, 0.6) is 0 Å². The van der Waals surface area contributed by atoms with E-state index >= 15 is 0 Å². The Kier molecular flexibility index (Phi) is 5.85. The summed E-state index contributed by atoms with van der Waals surface area (Å²) in [5, 5.41) is 3.42. The molecule has 4 nitrogen and oxygen atoms in total. The number of methoxy groups -OCH3 is 1. The first-order chi connectivity index (χ1) is 9.64. The maximum absolute atomic E-state index is 11.9. The van der Waals surface area contributed by atoms with Gasteiger partial charge < -0.3 is 9.47 Å². The number of nitrogens with one attached hydrogen (secondary N) is 1. The van der Waals surface area contributed by atoms with Crippen molar-refractivity contribution in [1.82, 2.24) is 5.32 Å². The molecule has 1 N–H and O–H groups in total. The zero-order valence-corrected chi connectivity index (χ0v) is 13.0. The summed E-state index contributed by atoms with van der Waals surface area (Å²) in [5.41, 5.74) is -0.548. The summed E-state index contributed by atoms with van der Waals surface area (Å²) < 4.78 is 10.6. The van der Waals surface area contributed by atoms with Crippen molar-refractivity contribution in [2.24, 2.45) is 5.92 Å². The summed E-state index contributed by atoms with van der Waals surface area (Å²) in [6.07, 6.45) is 9.39. The first-order valence-electron chi connectivity index (χ1n) is 8.08. The molecule has 0 aliphatic heterocycles. The normalized spacial score (nSPS) is 22.1. The van der Waals surface area contributed by atoms with E-state index in [9.17, 15) is 4.79 Å². The van der Waals surface area contributed by atoms with Crippen LogP contribution in [-0.4, -0.2) is 37.9 Å². The summed E-state index contributed by atoms with van der Waals surface area (Å²) >= 11 is 0. The third-order valence-electron chi connectivity index (χ3n) is 4.60. The second kappa shape index (κ2) is 7.41. The molecule has 0 aromatic rings. The lowest BCUT2D eigenvalue weighted by atomic mass is 9.83. The highest BCUT2D eigenvalue weighted by molar-refractivity contribution is 5.80. The van der Waals surface area contributed by atoms with Crippen LogP contribution >= 0.6 is 0 Å². The number of hydrogen-bond donors (Lipinski definition) is 1. The minimum absolute atomic E-state index is 0.154. The zero-order chi connectivity index (χ0) is 14.4. The zero-order valence-electron chi connectivity index (χ0n) is 13.0. The molecule has 0 bridgehead atoms. The first-order valence-corrected chi connectivity index (χ1v) is 8.08. The van der Waals surface area contributed by atoms with Crippen LogP contribution < -0.4 is 5.32 Å². The fraction of sp³-hybridized carbons (Fsp3) is 0.938. The predicted octanol–water partition coefficient (Wildman–Crippen LogP) is 2.66. The molecular formula is C16H29NO3. The second-order valence-electron chi connectivity index (χ2n) is 6.54. The third-order valence-corrected chi connectivity index (χ3v) is 4.60. The molecule has 0 saturated heterocycles. The van der Waals surface area contributed by atoms with Gasteiger partial charge in [0.2, 0.25) is 0 Å². The van der Waals surface area contributed by atoms with Crippen molar-refractivity contribution in [3.8, 4) is 0 Å². The molecule has 0 radical (unpaired) electrons. The van der Waals surface area contributed by atoms with Crippen LogP contribution in [0.1, 0.15) is 58.3 Å². The average molecular weight is 283 g/mol. The number of carbonyl (C=O) groups excluding carboxylic acids is 1. The van der Waals surface area contributed by atoms with Crippen molar-refractivity contribution >= 4 is 5.97 Å². The Hall–Kier alpha value is -0.610. The highest BCUT2D eigenvalue weighted by Crippen LogP contribution is 2.29. The summed E-state index contributed by atoms with van der Waals surface area (Å²) in [5.74, 6) is 0.755. The maximum atomic E-state index is 11.9. The van der Waals surface area contributed by atoms with Crippen molar-refractivity contribution in [2.75, 3.05) is 20.3 Å². The number of ether oxygens (including phenoxy) is 2. The maximum Gasteiger partial charge on any atom is 0.325 e. The Morgan fingerprint density at radius 1 is 1.25 bits per heavy atom. The van der Waals surface area contributed by atoms with E-state index in [1.54, 1.807) is 0 Å². The van der Waals surface area contributed by atoms with E-state index in [1.165, 1.54) is 45.6 Å². The lowest BCUT2D eigenvalue weighted by Gasteiger charge is -2.28. The van der Waals surface area contributed by atoms with Gasteiger partial charge in [0.05, 0.1) is 7.11 Å². The molecule has 1 atom stereocenters. The van der Waals surface area contributed by atoms with Crippen LogP contribution in [0.4, 0.5) is 0 Å². The standard InChI is InChI=1S/C16H29NO3/c1-16(15(18)19-2,17-14-7-8-14)10-4-11-20-12-9-13-5-3-6-13/h13-14,17H,3-12H2,1-2H3. The van der Waals surface area contributed by atoms with Gasteiger partial charge in [-0.1, -0.05) is 19.3 Å². The minimum Gasteiger partial charge on any atom is -0.468 e. The fourth-order valence-corrected chi connectivity index (χ4v) is 2.80. The number of esters is 1. The molecule has 2 fully saturated rings. The highest BCUT2D eigenvalue weighted by Gasteiger charge is 2.38. The Morgan fingerprint density at radius 3 is 2.55 bits per heavy atom. The Labute approximate surface area is 122 Å². The minimum atomic E-state index is -0.548. The lowest BCUT2D eigenvalue weighted by molar-refractivity contribution is -0.148. The molecule has 1 unspecified atom stereocenters. The highest BCUT2D eigenvalue weighted by atomic mass is 16.5. The van der Waals surface area contributed by atoms with Crippen molar-refractivity contribution in [1.29, 1.82) is 0 Å². The van der Waals surface area contributed by atoms with Gasteiger partial charge in [0, 0.05) is 19.3 Å². The van der Waals surface area contributed by atoms with Crippen LogP contribution in [-0.2, 0) is 14.3 Å². The molecule has 2 aliphatic carbocycles. The third kappa shape index (κ3) is 4.74. The second-order valence-corrected chi connectivity index (χ2v) is 6.54. The Balaban J connectivity index is 1.59. The van der Waals surface area contributed by atoms with Gasteiger partial charge in [-0.3, -0.25) is 10.1 Å². The van der Waals surface area contributed by atoms with Crippen molar-refractivity contribution in [3.63, 3.8) is 0 Å². The summed E-state index contributed by atoms with van der Waals surface area (Å²) in [6.45, 7) is 3.56. The van der Waals surface area contributed by atoms with E-state index < -0.39 is 5.54 Å². The summed E-state index contributed by atoms with van der Waals surface area (Å²) in [4.78, 5) is 11.9. The van der Waals surface area contributed by atoms with E-state index in [4.69, 9.17) is 9.47 Å². The molecule has 2 aliphatic rings. The van der Waals surface area contributed by atoms with Gasteiger partial charge in [0.25, 0.3) is 0 Å². The number of rotatable bonds is 10. The molecule has 116 valence electrons. The molecule has 0 amide bonds. The topological polar surface area (TPSA) is 47.6 Å². The molecule has 20 heavy (non-hydrogen) atoms. The van der Waals surface area contributed by atoms with Gasteiger partial charge in [-0.15, -0.1) is 0 Å². The van der Waals surface area contributed by atoms with Gasteiger partial charge in [-0.05, 0) is 44.9 Å². The van der Waals surface area contributed by atoms with Crippen LogP contribution in [0.2, 0.25) is 0 Å². The molecule has 0 heterocycles. The first kappa shape index (κ1) is 15.8. The monoisotopic (exact) mass is 283 g/mol. The van der Waals surface area contributed by atoms with Gasteiger partial charge in [0.15, 0.2) is 0 Å². The number of hydrogen-bond acceptors (Lipinski definition) is 4. The molecular weight excluding hydrogens is 254 g/mol. The van der Waals surface area contributed by atoms with E-state index in [0.717, 1.165) is 32.0 Å². The summed E-state index contributed by atoms with van der Waals surface area (Å²) in [7, 11) is 1.46. The Morgan fingerprint density at radius 2 is 2.00 bits per heavy atom. The predicted molar refractivity (Wildman–Crippen MR) is 78.6 cm³/mol. The van der Waals surface area contributed by atoms with Crippen LogP contribution in [0.15, 0.2) is 0 Å². The summed E-state index contributed by atoms with van der Waals surface area (Å²) in [6, 6.07) is 0.499. The van der Waals surface area contributed by atoms with E-state index in [2.05, 4.69) is 5.32 Å². The smallest absolute Gasteiger partial charge is 0.325 e. The van der Waals surface area contributed by atoms with Crippen molar-refractivity contribution in [3.05, 3.63) is 0 Å². The molecule has 0 aromatic carbocycles. The lowest BCUT2D eigenvalue weighted by Crippen LogP contribution is -2.51. The Bertz CT molecular complexity index is 313. The van der Waals surface area contributed by atoms with Gasteiger partial charge in [-0.2, -0.15) is 0 Å². The van der Waals surface area contributed by atoms with Gasteiger partial charge in [0.1, 0.15) is 5.54 Å². The van der Waals surface area contributed by atoms with Crippen LogP contribution in [0.3, 0.4) is 0 Å². The molecule has 0 spiro atoms. The van der Waals surface area contributed by atoms with Crippen LogP contribution in [0.25, 0.3) is 0 Å². The van der Waals surface area contributed by atoms with Gasteiger partial charge in [-0.25, -0.2) is 0 Å². The average Bonchev–Trinajstić information content (AvgIpc) is 3.18. The molecule has 2 rings (SSSR count). The van der Waals surface area contributed by atoms with Gasteiger partial charge >= 0.3 is 5.97 Å².